The zero-order valence-corrected chi connectivity index (χ0v) is 19.2. The standard InChI is InChI=1S/C24H26N2O5S/c1-16-9-12-19(13-10-16)32(28,29)26-22-8-6-5-7-20(22)24(27)25-17(2)21-15-18(30-3)11-14-23(21)31-4/h5-15,17,26H,1-4H3,(H,25,27). The second kappa shape index (κ2) is 9.74. The molecule has 0 saturated heterocycles. The van der Waals surface area contributed by atoms with Gasteiger partial charge in [0.05, 0.1) is 36.4 Å². The molecule has 0 radical (unpaired) electrons. The van der Waals surface area contributed by atoms with Crippen LogP contribution in [0.4, 0.5) is 5.69 Å². The monoisotopic (exact) mass is 454 g/mol. The first-order valence-electron chi connectivity index (χ1n) is 9.96. The minimum Gasteiger partial charge on any atom is -0.497 e. The van der Waals surface area contributed by atoms with Gasteiger partial charge in [0.2, 0.25) is 0 Å². The van der Waals surface area contributed by atoms with Crippen LogP contribution in [0.1, 0.15) is 34.5 Å². The summed E-state index contributed by atoms with van der Waals surface area (Å²) >= 11 is 0. The molecular weight excluding hydrogens is 428 g/mol. The third kappa shape index (κ3) is 5.20. The topological polar surface area (TPSA) is 93.7 Å². The minimum atomic E-state index is -3.85. The number of rotatable bonds is 8. The van der Waals surface area contributed by atoms with E-state index in [2.05, 4.69) is 10.0 Å². The normalized spacial score (nSPS) is 12.0. The quantitative estimate of drug-likeness (QED) is 0.529. The van der Waals surface area contributed by atoms with E-state index in [9.17, 15) is 13.2 Å². The Morgan fingerprint density at radius 1 is 0.938 bits per heavy atom. The fourth-order valence-electron chi connectivity index (χ4n) is 3.22. The van der Waals surface area contributed by atoms with Gasteiger partial charge in [0.15, 0.2) is 0 Å². The van der Waals surface area contributed by atoms with E-state index in [0.29, 0.717) is 11.5 Å². The van der Waals surface area contributed by atoms with Gasteiger partial charge in [-0.05, 0) is 56.3 Å². The largest absolute Gasteiger partial charge is 0.497 e. The Labute approximate surface area is 188 Å². The summed E-state index contributed by atoms with van der Waals surface area (Å²) in [6.45, 7) is 3.69. The molecular formula is C24H26N2O5S. The lowest BCUT2D eigenvalue weighted by Crippen LogP contribution is -2.28. The Morgan fingerprint density at radius 2 is 1.62 bits per heavy atom. The Hall–Kier alpha value is -3.52. The van der Waals surface area contributed by atoms with Gasteiger partial charge in [0.25, 0.3) is 15.9 Å². The number of aryl methyl sites for hydroxylation is 1. The number of benzene rings is 3. The lowest BCUT2D eigenvalue weighted by molar-refractivity contribution is 0.0940. The molecule has 0 aliphatic rings. The summed E-state index contributed by atoms with van der Waals surface area (Å²) in [7, 11) is -0.742. The van der Waals surface area contributed by atoms with Crippen LogP contribution < -0.4 is 19.5 Å². The maximum absolute atomic E-state index is 13.1. The molecule has 0 bridgehead atoms. The van der Waals surface area contributed by atoms with Crippen molar-refractivity contribution in [2.75, 3.05) is 18.9 Å². The van der Waals surface area contributed by atoms with E-state index in [-0.39, 0.29) is 16.1 Å². The first kappa shape index (κ1) is 23.1. The van der Waals surface area contributed by atoms with Crippen LogP contribution in [0.15, 0.2) is 71.6 Å². The predicted molar refractivity (Wildman–Crippen MR) is 124 cm³/mol. The number of anilines is 1. The van der Waals surface area contributed by atoms with Gasteiger partial charge in [0, 0.05) is 5.56 Å². The molecule has 32 heavy (non-hydrogen) atoms. The van der Waals surface area contributed by atoms with E-state index in [1.165, 1.54) is 12.1 Å². The van der Waals surface area contributed by atoms with Crippen LogP contribution in [0.2, 0.25) is 0 Å². The second-order valence-electron chi connectivity index (χ2n) is 7.27. The van der Waals surface area contributed by atoms with Crippen LogP contribution in [0.5, 0.6) is 11.5 Å². The molecule has 0 heterocycles. The van der Waals surface area contributed by atoms with Crippen LogP contribution in [0, 0.1) is 6.92 Å². The van der Waals surface area contributed by atoms with E-state index < -0.39 is 22.0 Å². The highest BCUT2D eigenvalue weighted by Crippen LogP contribution is 2.30. The molecule has 0 spiro atoms. The Bertz CT molecular complexity index is 1210. The summed E-state index contributed by atoms with van der Waals surface area (Å²) in [5.41, 5.74) is 2.08. The number of para-hydroxylation sites is 1. The average Bonchev–Trinajstić information content (AvgIpc) is 2.78. The molecule has 7 nitrogen and oxygen atoms in total. The predicted octanol–water partition coefficient (Wildman–Crippen LogP) is 4.30. The highest BCUT2D eigenvalue weighted by molar-refractivity contribution is 7.92. The van der Waals surface area contributed by atoms with Crippen molar-refractivity contribution < 1.29 is 22.7 Å². The first-order chi connectivity index (χ1) is 15.2. The maximum atomic E-state index is 13.1. The smallest absolute Gasteiger partial charge is 0.261 e. The lowest BCUT2D eigenvalue weighted by atomic mass is 10.1. The molecule has 0 aliphatic carbocycles. The van der Waals surface area contributed by atoms with Gasteiger partial charge in [-0.1, -0.05) is 29.8 Å². The van der Waals surface area contributed by atoms with E-state index in [1.54, 1.807) is 68.8 Å². The van der Waals surface area contributed by atoms with E-state index >= 15 is 0 Å². The summed E-state index contributed by atoms with van der Waals surface area (Å²) < 4.78 is 38.8. The second-order valence-corrected chi connectivity index (χ2v) is 8.95. The number of carbonyl (C=O) groups excluding carboxylic acids is 1. The summed E-state index contributed by atoms with van der Waals surface area (Å²) in [6.07, 6.45) is 0. The number of carbonyl (C=O) groups is 1. The van der Waals surface area contributed by atoms with Gasteiger partial charge in [-0.3, -0.25) is 9.52 Å². The van der Waals surface area contributed by atoms with Crippen LogP contribution in [-0.2, 0) is 10.0 Å². The zero-order chi connectivity index (χ0) is 23.3. The molecule has 3 aromatic carbocycles. The van der Waals surface area contributed by atoms with Gasteiger partial charge in [-0.2, -0.15) is 0 Å². The SMILES string of the molecule is COc1ccc(OC)c(C(C)NC(=O)c2ccccc2NS(=O)(=O)c2ccc(C)cc2)c1. The number of methoxy groups -OCH3 is 2. The van der Waals surface area contributed by atoms with Crippen molar-refractivity contribution in [3.05, 3.63) is 83.4 Å². The number of nitrogens with one attached hydrogen (secondary N) is 2. The molecule has 3 aromatic rings. The molecule has 168 valence electrons. The molecule has 1 atom stereocenters. The van der Waals surface area contributed by atoms with Crippen molar-refractivity contribution in [3.63, 3.8) is 0 Å². The number of hydrogen-bond donors (Lipinski definition) is 2. The summed E-state index contributed by atoms with van der Waals surface area (Å²) in [5.74, 6) is 0.810. The molecule has 1 amide bonds. The lowest BCUT2D eigenvalue weighted by Gasteiger charge is -2.19. The fraction of sp³-hybridized carbons (Fsp3) is 0.208. The number of sulfonamides is 1. The van der Waals surface area contributed by atoms with Crippen molar-refractivity contribution in [1.29, 1.82) is 0 Å². The van der Waals surface area contributed by atoms with Crippen LogP contribution >= 0.6 is 0 Å². The van der Waals surface area contributed by atoms with Gasteiger partial charge in [-0.15, -0.1) is 0 Å². The molecule has 2 N–H and O–H groups in total. The third-order valence-electron chi connectivity index (χ3n) is 5.00. The third-order valence-corrected chi connectivity index (χ3v) is 6.38. The van der Waals surface area contributed by atoms with E-state index in [1.807, 2.05) is 13.8 Å². The average molecular weight is 455 g/mol. The maximum Gasteiger partial charge on any atom is 0.261 e. The van der Waals surface area contributed by atoms with Gasteiger partial charge < -0.3 is 14.8 Å². The molecule has 1 unspecified atom stereocenters. The van der Waals surface area contributed by atoms with Gasteiger partial charge in [0.1, 0.15) is 11.5 Å². The van der Waals surface area contributed by atoms with Crippen molar-refractivity contribution in [2.45, 2.75) is 24.8 Å². The zero-order valence-electron chi connectivity index (χ0n) is 18.4. The first-order valence-corrected chi connectivity index (χ1v) is 11.4. The van der Waals surface area contributed by atoms with Crippen LogP contribution in [0.3, 0.4) is 0 Å². The molecule has 0 fully saturated rings. The highest BCUT2D eigenvalue weighted by Gasteiger charge is 2.21. The van der Waals surface area contributed by atoms with Crippen molar-refractivity contribution in [2.24, 2.45) is 0 Å². The van der Waals surface area contributed by atoms with Gasteiger partial charge >= 0.3 is 0 Å². The number of amides is 1. The minimum absolute atomic E-state index is 0.118. The van der Waals surface area contributed by atoms with Crippen molar-refractivity contribution >= 4 is 21.6 Å². The van der Waals surface area contributed by atoms with Crippen LogP contribution in [0.25, 0.3) is 0 Å². The summed E-state index contributed by atoms with van der Waals surface area (Å²) in [5, 5.41) is 2.90. The van der Waals surface area contributed by atoms with Gasteiger partial charge in [-0.25, -0.2) is 8.42 Å². The van der Waals surface area contributed by atoms with Crippen LogP contribution in [-0.4, -0.2) is 28.5 Å². The Morgan fingerprint density at radius 3 is 2.28 bits per heavy atom. The fourth-order valence-corrected chi connectivity index (χ4v) is 4.30. The van der Waals surface area contributed by atoms with Crippen molar-refractivity contribution in [1.82, 2.24) is 5.32 Å². The number of hydrogen-bond acceptors (Lipinski definition) is 5. The van der Waals surface area contributed by atoms with E-state index in [0.717, 1.165) is 11.1 Å². The summed E-state index contributed by atoms with van der Waals surface area (Å²) in [6, 6.07) is 17.8. The van der Waals surface area contributed by atoms with Crippen molar-refractivity contribution in [3.8, 4) is 11.5 Å². The number of ether oxygens (including phenoxy) is 2. The Kier molecular flexibility index (Phi) is 7.05. The summed E-state index contributed by atoms with van der Waals surface area (Å²) in [4.78, 5) is 13.2. The van der Waals surface area contributed by atoms with E-state index in [4.69, 9.17) is 9.47 Å². The molecule has 3 rings (SSSR count). The molecule has 8 heteroatoms. The Balaban J connectivity index is 1.85. The molecule has 0 saturated carbocycles. The highest BCUT2D eigenvalue weighted by atomic mass is 32.2. The molecule has 0 aromatic heterocycles. The molecule has 0 aliphatic heterocycles.